The first kappa shape index (κ1) is 14.7. The molecule has 2 heterocycles. The predicted octanol–water partition coefficient (Wildman–Crippen LogP) is 0.255. The number of carboxylic acids is 1. The Morgan fingerprint density at radius 2 is 2.21 bits per heavy atom. The lowest BCUT2D eigenvalue weighted by Gasteiger charge is -2.35. The van der Waals surface area contributed by atoms with E-state index in [1.807, 2.05) is 0 Å². The Balaban J connectivity index is 2.04. The summed E-state index contributed by atoms with van der Waals surface area (Å²) in [7, 11) is -3.17. The van der Waals surface area contributed by atoms with E-state index < -0.39 is 21.5 Å². The van der Waals surface area contributed by atoms with Crippen LogP contribution in [0.15, 0.2) is 0 Å². The van der Waals surface area contributed by atoms with Gasteiger partial charge < -0.3 is 10.4 Å². The van der Waals surface area contributed by atoms with Gasteiger partial charge in [-0.2, -0.15) is 0 Å². The van der Waals surface area contributed by atoms with Crippen molar-refractivity contribution in [2.75, 3.05) is 25.9 Å². The first-order chi connectivity index (χ1) is 8.83. The van der Waals surface area contributed by atoms with E-state index in [1.165, 1.54) is 10.6 Å². The van der Waals surface area contributed by atoms with Crippen molar-refractivity contribution in [3.63, 3.8) is 0 Å². The van der Waals surface area contributed by atoms with E-state index in [2.05, 4.69) is 5.32 Å². The van der Waals surface area contributed by atoms with E-state index in [-0.39, 0.29) is 5.92 Å². The summed E-state index contributed by atoms with van der Waals surface area (Å²) >= 11 is 0. The summed E-state index contributed by atoms with van der Waals surface area (Å²) in [6.07, 6.45) is 4.97. The van der Waals surface area contributed by atoms with Crippen LogP contribution in [-0.2, 0) is 14.8 Å². The van der Waals surface area contributed by atoms with Gasteiger partial charge in [-0.05, 0) is 44.6 Å². The molecule has 0 aliphatic carbocycles. The molecule has 0 saturated carbocycles. The van der Waals surface area contributed by atoms with Crippen LogP contribution in [0.5, 0.6) is 0 Å². The Bertz CT molecular complexity index is 443. The van der Waals surface area contributed by atoms with E-state index in [4.69, 9.17) is 0 Å². The number of carboxylic acid groups (broad SMARTS) is 1. The summed E-state index contributed by atoms with van der Waals surface area (Å²) in [4.78, 5) is 11.5. The molecule has 2 fully saturated rings. The second-order valence-corrected chi connectivity index (χ2v) is 7.73. The third kappa shape index (κ3) is 3.27. The van der Waals surface area contributed by atoms with Crippen molar-refractivity contribution in [1.29, 1.82) is 0 Å². The highest BCUT2D eigenvalue weighted by Crippen LogP contribution is 2.32. The van der Waals surface area contributed by atoms with Crippen molar-refractivity contribution in [2.45, 2.75) is 37.6 Å². The van der Waals surface area contributed by atoms with Crippen LogP contribution >= 0.6 is 0 Å². The Hall–Kier alpha value is -0.660. The largest absolute Gasteiger partial charge is 0.480 e. The van der Waals surface area contributed by atoms with Gasteiger partial charge in [0.2, 0.25) is 10.0 Å². The third-order valence-corrected chi connectivity index (χ3v) is 5.51. The molecule has 0 bridgehead atoms. The van der Waals surface area contributed by atoms with Crippen LogP contribution in [0.25, 0.3) is 0 Å². The number of carbonyl (C=O) groups is 1. The summed E-state index contributed by atoms with van der Waals surface area (Å²) in [5.41, 5.74) is -0.842. The molecule has 2 aliphatic heterocycles. The molecule has 110 valence electrons. The minimum Gasteiger partial charge on any atom is -0.480 e. The number of sulfonamides is 1. The molecule has 2 atom stereocenters. The second-order valence-electron chi connectivity index (χ2n) is 5.75. The third-order valence-electron chi connectivity index (χ3n) is 4.24. The number of hydrogen-bond acceptors (Lipinski definition) is 4. The number of hydrogen-bond donors (Lipinski definition) is 2. The van der Waals surface area contributed by atoms with Gasteiger partial charge in [-0.3, -0.25) is 4.79 Å². The van der Waals surface area contributed by atoms with Gasteiger partial charge in [-0.1, -0.05) is 0 Å². The number of aliphatic carboxylic acids is 1. The van der Waals surface area contributed by atoms with Gasteiger partial charge in [0.15, 0.2) is 0 Å². The lowest BCUT2D eigenvalue weighted by Crippen LogP contribution is -2.51. The maximum absolute atomic E-state index is 11.6. The number of nitrogens with zero attached hydrogens (tertiary/aromatic N) is 1. The van der Waals surface area contributed by atoms with Gasteiger partial charge in [-0.25, -0.2) is 12.7 Å². The van der Waals surface area contributed by atoms with Crippen LogP contribution < -0.4 is 5.32 Å². The van der Waals surface area contributed by atoms with E-state index in [9.17, 15) is 18.3 Å². The minimum atomic E-state index is -3.17. The number of rotatable bonds is 4. The molecule has 2 aliphatic rings. The monoisotopic (exact) mass is 290 g/mol. The van der Waals surface area contributed by atoms with Crippen molar-refractivity contribution in [2.24, 2.45) is 5.92 Å². The molecule has 0 aromatic heterocycles. The predicted molar refractivity (Wildman–Crippen MR) is 71.4 cm³/mol. The molecule has 0 amide bonds. The average molecular weight is 290 g/mol. The Kier molecular flexibility index (Phi) is 4.17. The molecule has 19 heavy (non-hydrogen) atoms. The molecular weight excluding hydrogens is 268 g/mol. The molecule has 2 saturated heterocycles. The molecule has 2 N–H and O–H groups in total. The fourth-order valence-corrected chi connectivity index (χ4v) is 4.18. The van der Waals surface area contributed by atoms with Crippen LogP contribution in [0.2, 0.25) is 0 Å². The van der Waals surface area contributed by atoms with Crippen molar-refractivity contribution in [3.05, 3.63) is 0 Å². The van der Waals surface area contributed by atoms with Crippen molar-refractivity contribution < 1.29 is 18.3 Å². The van der Waals surface area contributed by atoms with Crippen LogP contribution in [0.1, 0.15) is 32.1 Å². The standard InChI is InChI=1S/C12H22N2O4S/c1-19(17,18)14-7-2-4-10(9-14)8-12(11(15)16)5-3-6-13-12/h10,13H,2-9H2,1H3,(H,15,16). The van der Waals surface area contributed by atoms with E-state index in [0.717, 1.165) is 25.8 Å². The summed E-state index contributed by atoms with van der Waals surface area (Å²) in [6, 6.07) is 0. The van der Waals surface area contributed by atoms with Gasteiger partial charge in [0.25, 0.3) is 0 Å². The lowest BCUT2D eigenvalue weighted by molar-refractivity contribution is -0.145. The molecule has 0 aromatic carbocycles. The fraction of sp³-hybridized carbons (Fsp3) is 0.917. The molecule has 2 unspecified atom stereocenters. The van der Waals surface area contributed by atoms with Gasteiger partial charge in [0, 0.05) is 13.1 Å². The zero-order valence-electron chi connectivity index (χ0n) is 11.3. The number of piperidine rings is 1. The van der Waals surface area contributed by atoms with E-state index in [1.54, 1.807) is 0 Å². The smallest absolute Gasteiger partial charge is 0.323 e. The topological polar surface area (TPSA) is 86.7 Å². The average Bonchev–Trinajstić information content (AvgIpc) is 2.78. The highest BCUT2D eigenvalue weighted by molar-refractivity contribution is 7.88. The van der Waals surface area contributed by atoms with Crippen LogP contribution in [0.4, 0.5) is 0 Å². The number of nitrogens with one attached hydrogen (secondary N) is 1. The Morgan fingerprint density at radius 3 is 2.74 bits per heavy atom. The highest BCUT2D eigenvalue weighted by Gasteiger charge is 2.43. The van der Waals surface area contributed by atoms with Gasteiger partial charge in [0.1, 0.15) is 5.54 Å². The lowest BCUT2D eigenvalue weighted by atomic mass is 9.83. The molecule has 0 spiro atoms. The van der Waals surface area contributed by atoms with Crippen molar-refractivity contribution >= 4 is 16.0 Å². The second kappa shape index (κ2) is 5.38. The Morgan fingerprint density at radius 1 is 1.47 bits per heavy atom. The molecular formula is C12H22N2O4S. The van der Waals surface area contributed by atoms with Crippen molar-refractivity contribution in [1.82, 2.24) is 9.62 Å². The summed E-state index contributed by atoms with van der Waals surface area (Å²) < 4.78 is 24.6. The maximum atomic E-state index is 11.6. The van der Waals surface area contributed by atoms with Crippen LogP contribution in [0.3, 0.4) is 0 Å². The first-order valence-electron chi connectivity index (χ1n) is 6.77. The first-order valence-corrected chi connectivity index (χ1v) is 8.62. The van der Waals surface area contributed by atoms with E-state index >= 15 is 0 Å². The van der Waals surface area contributed by atoms with E-state index in [0.29, 0.717) is 25.9 Å². The summed E-state index contributed by atoms with van der Waals surface area (Å²) in [5.74, 6) is -0.674. The van der Waals surface area contributed by atoms with Crippen molar-refractivity contribution in [3.8, 4) is 0 Å². The fourth-order valence-electron chi connectivity index (χ4n) is 3.24. The molecule has 7 heteroatoms. The maximum Gasteiger partial charge on any atom is 0.323 e. The molecule has 0 radical (unpaired) electrons. The van der Waals surface area contributed by atoms with Gasteiger partial charge in [-0.15, -0.1) is 0 Å². The molecule has 6 nitrogen and oxygen atoms in total. The SMILES string of the molecule is CS(=O)(=O)N1CCCC(CC2(C(=O)O)CCCN2)C1. The molecule has 2 rings (SSSR count). The Labute approximate surface area is 114 Å². The zero-order valence-corrected chi connectivity index (χ0v) is 12.1. The van der Waals surface area contributed by atoms with Crippen LogP contribution in [0, 0.1) is 5.92 Å². The van der Waals surface area contributed by atoms with Gasteiger partial charge in [0.05, 0.1) is 6.26 Å². The van der Waals surface area contributed by atoms with Gasteiger partial charge >= 0.3 is 5.97 Å². The normalized spacial score (nSPS) is 33.4. The van der Waals surface area contributed by atoms with Crippen LogP contribution in [-0.4, -0.2) is 55.2 Å². The summed E-state index contributed by atoms with van der Waals surface area (Å²) in [5, 5.41) is 12.5. The highest BCUT2D eigenvalue weighted by atomic mass is 32.2. The zero-order chi connectivity index (χ0) is 14.1. The molecule has 0 aromatic rings. The quantitative estimate of drug-likeness (QED) is 0.775. The minimum absolute atomic E-state index is 0.130. The summed E-state index contributed by atoms with van der Waals surface area (Å²) in [6.45, 7) is 1.74.